The van der Waals surface area contributed by atoms with Gasteiger partial charge in [0.15, 0.2) is 0 Å². The van der Waals surface area contributed by atoms with E-state index >= 15 is 0 Å². The van der Waals surface area contributed by atoms with Crippen LogP contribution in [0.5, 0.6) is 5.75 Å². The molecule has 8 heteroatoms. The van der Waals surface area contributed by atoms with Gasteiger partial charge in [-0.25, -0.2) is 13.2 Å². The van der Waals surface area contributed by atoms with Gasteiger partial charge in [-0.3, -0.25) is 0 Å². The lowest BCUT2D eigenvalue weighted by atomic mass is 10.3. The first kappa shape index (κ1) is 15.3. The maximum atomic E-state index is 12.4. The summed E-state index contributed by atoms with van der Waals surface area (Å²) in [6, 6.07) is 6.20. The molecule has 6 nitrogen and oxygen atoms in total. The minimum Gasteiger partial charge on any atom is -0.489 e. The molecule has 3 rings (SSSR count). The summed E-state index contributed by atoms with van der Waals surface area (Å²) in [5.74, 6) is 0.873. The molecule has 0 aromatic carbocycles. The topological polar surface area (TPSA) is 76.8 Å². The lowest BCUT2D eigenvalue weighted by Gasteiger charge is -2.16. The Kier molecular flexibility index (Phi) is 4.07. The van der Waals surface area contributed by atoms with Crippen LogP contribution in [0.4, 0.5) is 0 Å². The van der Waals surface area contributed by atoms with Gasteiger partial charge in [0.25, 0.3) is 10.0 Å². The zero-order valence-electron chi connectivity index (χ0n) is 11.9. The van der Waals surface area contributed by atoms with Gasteiger partial charge in [-0.2, -0.15) is 4.31 Å². The number of ether oxygens (including phenoxy) is 1. The molecule has 0 amide bonds. The molecule has 2 aromatic heterocycles. The van der Waals surface area contributed by atoms with E-state index in [0.717, 1.165) is 0 Å². The van der Waals surface area contributed by atoms with Crippen LogP contribution in [0.1, 0.15) is 12.2 Å². The monoisotopic (exact) mass is 341 g/mol. The number of nitrogens with zero attached hydrogens (tertiary/aromatic N) is 1. The van der Waals surface area contributed by atoms with Crippen molar-refractivity contribution < 1.29 is 17.6 Å². The fourth-order valence-electron chi connectivity index (χ4n) is 2.39. The zero-order chi connectivity index (χ0) is 15.7. The Labute approximate surface area is 132 Å². The van der Waals surface area contributed by atoms with Gasteiger partial charge in [-0.05, 0) is 24.8 Å². The van der Waals surface area contributed by atoms with E-state index in [2.05, 4.69) is 0 Å². The van der Waals surface area contributed by atoms with Gasteiger partial charge >= 0.3 is 5.63 Å². The highest BCUT2D eigenvalue weighted by Crippen LogP contribution is 2.26. The fraction of sp³-hybridized carbons (Fsp3) is 0.357. The molecule has 22 heavy (non-hydrogen) atoms. The smallest absolute Gasteiger partial charge is 0.339 e. The first-order valence-electron chi connectivity index (χ1n) is 6.77. The maximum Gasteiger partial charge on any atom is 0.339 e. The first-order chi connectivity index (χ1) is 10.4. The van der Waals surface area contributed by atoms with Crippen molar-refractivity contribution in [2.24, 2.45) is 0 Å². The van der Waals surface area contributed by atoms with Crippen molar-refractivity contribution in [1.29, 1.82) is 0 Å². The van der Waals surface area contributed by atoms with E-state index in [1.165, 1.54) is 21.7 Å². The summed E-state index contributed by atoms with van der Waals surface area (Å²) in [7, 11) is -3.45. The number of aryl methyl sites for hydroxylation is 1. The van der Waals surface area contributed by atoms with Crippen LogP contribution in [0, 0.1) is 6.92 Å². The van der Waals surface area contributed by atoms with Crippen LogP contribution in [-0.2, 0) is 10.0 Å². The second-order valence-electron chi connectivity index (χ2n) is 5.05. The van der Waals surface area contributed by atoms with E-state index < -0.39 is 15.6 Å². The Hall–Kier alpha value is -1.64. The second kappa shape index (κ2) is 5.86. The molecule has 0 N–H and O–H groups in total. The number of thiophene rings is 1. The molecule has 1 fully saturated rings. The molecule has 0 radical (unpaired) electrons. The zero-order valence-corrected chi connectivity index (χ0v) is 13.5. The molecule has 0 bridgehead atoms. The summed E-state index contributed by atoms with van der Waals surface area (Å²) in [6.07, 6.45) is 0.320. The van der Waals surface area contributed by atoms with Crippen molar-refractivity contribution >= 4 is 21.4 Å². The van der Waals surface area contributed by atoms with E-state index in [-0.39, 0.29) is 12.6 Å². The summed E-state index contributed by atoms with van der Waals surface area (Å²) in [5, 5.41) is 1.74. The molecule has 0 unspecified atom stereocenters. The van der Waals surface area contributed by atoms with Crippen molar-refractivity contribution in [3.8, 4) is 5.75 Å². The molecule has 118 valence electrons. The molecular weight excluding hydrogens is 326 g/mol. The molecule has 1 atom stereocenters. The molecule has 0 saturated carbocycles. The van der Waals surface area contributed by atoms with E-state index in [1.807, 2.05) is 0 Å². The van der Waals surface area contributed by atoms with Gasteiger partial charge in [0, 0.05) is 12.6 Å². The van der Waals surface area contributed by atoms with Crippen molar-refractivity contribution in [3.63, 3.8) is 0 Å². The molecule has 1 aliphatic heterocycles. The van der Waals surface area contributed by atoms with Gasteiger partial charge < -0.3 is 9.15 Å². The molecule has 1 aliphatic rings. The Bertz CT molecular complexity index is 810. The van der Waals surface area contributed by atoms with Gasteiger partial charge in [0.1, 0.15) is 21.8 Å². The predicted molar refractivity (Wildman–Crippen MR) is 81.8 cm³/mol. The van der Waals surface area contributed by atoms with Crippen LogP contribution in [0.15, 0.2) is 43.1 Å². The SMILES string of the molecule is Cc1cc(O[C@H]2CCN(S(=O)(=O)c3cccs3)C2)cc(=O)o1. The Morgan fingerprint density at radius 2 is 2.23 bits per heavy atom. The number of hydrogen-bond acceptors (Lipinski definition) is 6. The first-order valence-corrected chi connectivity index (χ1v) is 9.09. The van der Waals surface area contributed by atoms with E-state index in [1.54, 1.807) is 30.5 Å². The standard InChI is InChI=1S/C14H15NO5S2/c1-10-7-12(8-13(16)19-10)20-11-4-5-15(9-11)22(17,18)14-3-2-6-21-14/h2-3,6-8,11H,4-5,9H2,1H3/t11-/m0/s1. The summed E-state index contributed by atoms with van der Waals surface area (Å²) >= 11 is 1.20. The minimum atomic E-state index is -3.45. The molecule has 3 heterocycles. The van der Waals surface area contributed by atoms with Crippen LogP contribution in [-0.4, -0.2) is 31.9 Å². The van der Waals surface area contributed by atoms with Gasteiger partial charge in [0.05, 0.1) is 12.6 Å². The van der Waals surface area contributed by atoms with Crippen molar-refractivity contribution in [1.82, 2.24) is 4.31 Å². The number of rotatable bonds is 4. The molecule has 0 aliphatic carbocycles. The minimum absolute atomic E-state index is 0.268. The third-order valence-corrected chi connectivity index (χ3v) is 6.61. The van der Waals surface area contributed by atoms with Gasteiger partial charge in [0.2, 0.25) is 0 Å². The highest BCUT2D eigenvalue weighted by molar-refractivity contribution is 7.91. The lowest BCUT2D eigenvalue weighted by Crippen LogP contribution is -2.30. The third kappa shape index (κ3) is 3.08. The van der Waals surface area contributed by atoms with Crippen LogP contribution in [0.3, 0.4) is 0 Å². The van der Waals surface area contributed by atoms with Crippen molar-refractivity contribution in [2.75, 3.05) is 13.1 Å². The fourth-order valence-corrected chi connectivity index (χ4v) is 5.02. The van der Waals surface area contributed by atoms with Crippen LogP contribution < -0.4 is 10.4 Å². The quantitative estimate of drug-likeness (QED) is 0.848. The maximum absolute atomic E-state index is 12.4. The summed E-state index contributed by atoms with van der Waals surface area (Å²) < 4.78 is 37.2. The van der Waals surface area contributed by atoms with E-state index in [0.29, 0.717) is 28.7 Å². The Morgan fingerprint density at radius 3 is 2.91 bits per heavy atom. The summed E-state index contributed by atoms with van der Waals surface area (Å²) in [6.45, 7) is 2.35. The molecule has 1 saturated heterocycles. The van der Waals surface area contributed by atoms with Gasteiger partial charge in [-0.1, -0.05) is 6.07 Å². The van der Waals surface area contributed by atoms with Crippen molar-refractivity contribution in [2.45, 2.75) is 23.7 Å². The molecular formula is C14H15NO5S2. The van der Waals surface area contributed by atoms with Crippen molar-refractivity contribution in [3.05, 3.63) is 45.8 Å². The average molecular weight is 341 g/mol. The van der Waals surface area contributed by atoms with E-state index in [9.17, 15) is 13.2 Å². The van der Waals surface area contributed by atoms with Gasteiger partial charge in [-0.15, -0.1) is 11.3 Å². The van der Waals surface area contributed by atoms with E-state index in [4.69, 9.17) is 9.15 Å². The highest BCUT2D eigenvalue weighted by Gasteiger charge is 2.34. The van der Waals surface area contributed by atoms with Crippen LogP contribution in [0.2, 0.25) is 0 Å². The van der Waals surface area contributed by atoms with Crippen LogP contribution >= 0.6 is 11.3 Å². The average Bonchev–Trinajstić information content (AvgIpc) is 3.08. The van der Waals surface area contributed by atoms with Crippen LogP contribution in [0.25, 0.3) is 0 Å². The molecule has 2 aromatic rings. The Morgan fingerprint density at radius 1 is 1.41 bits per heavy atom. The highest BCUT2D eigenvalue weighted by atomic mass is 32.2. The molecule has 0 spiro atoms. The lowest BCUT2D eigenvalue weighted by molar-refractivity contribution is 0.213. The second-order valence-corrected chi connectivity index (χ2v) is 8.16. The number of sulfonamides is 1. The summed E-state index contributed by atoms with van der Waals surface area (Å²) in [4.78, 5) is 11.3. The number of hydrogen-bond donors (Lipinski definition) is 0. The normalized spacial score (nSPS) is 19.4. The summed E-state index contributed by atoms with van der Waals surface area (Å²) in [5.41, 5.74) is -0.476. The predicted octanol–water partition coefficient (Wildman–Crippen LogP) is 1.85. The third-order valence-electron chi connectivity index (χ3n) is 3.37. The largest absolute Gasteiger partial charge is 0.489 e. The Balaban J connectivity index is 1.71.